The zero-order valence-electron chi connectivity index (χ0n) is 10.2. The van der Waals surface area contributed by atoms with Crippen LogP contribution in [-0.2, 0) is 0 Å². The van der Waals surface area contributed by atoms with Crippen molar-refractivity contribution in [2.75, 3.05) is 0 Å². The number of aliphatic hydroxyl groups is 1. The second kappa shape index (κ2) is 5.98. The molecule has 1 fully saturated rings. The minimum Gasteiger partial charge on any atom is -0.388 e. The third kappa shape index (κ3) is 3.80. The van der Waals surface area contributed by atoms with Crippen molar-refractivity contribution in [2.45, 2.75) is 50.8 Å². The summed E-state index contributed by atoms with van der Waals surface area (Å²) in [5.41, 5.74) is 0.999. The average Bonchev–Trinajstić information content (AvgIpc) is 2.29. The van der Waals surface area contributed by atoms with Gasteiger partial charge in [-0.1, -0.05) is 34.5 Å². The lowest BCUT2D eigenvalue weighted by molar-refractivity contribution is 0.139. The van der Waals surface area contributed by atoms with Gasteiger partial charge in [0.25, 0.3) is 0 Å². The van der Waals surface area contributed by atoms with E-state index in [4.69, 9.17) is 0 Å². The number of hydrogen-bond acceptors (Lipinski definition) is 2. The summed E-state index contributed by atoms with van der Waals surface area (Å²) in [5, 5.41) is 13.8. The highest BCUT2D eigenvalue weighted by molar-refractivity contribution is 9.10. The zero-order chi connectivity index (χ0) is 12.3. The van der Waals surface area contributed by atoms with Gasteiger partial charge < -0.3 is 10.4 Å². The topological polar surface area (TPSA) is 32.3 Å². The number of aliphatic hydroxyl groups excluding tert-OH is 1. The van der Waals surface area contributed by atoms with E-state index >= 15 is 0 Å². The van der Waals surface area contributed by atoms with Crippen molar-refractivity contribution in [1.29, 1.82) is 0 Å². The molecular formula is C14H20BrNO. The lowest BCUT2D eigenvalue weighted by atomic mass is 9.93. The van der Waals surface area contributed by atoms with Crippen LogP contribution in [0.25, 0.3) is 0 Å². The second-order valence-corrected chi connectivity index (χ2v) is 5.92. The van der Waals surface area contributed by atoms with Gasteiger partial charge in [-0.05, 0) is 43.9 Å². The minimum absolute atomic E-state index is 0.365. The molecule has 1 saturated heterocycles. The average molecular weight is 298 g/mol. The van der Waals surface area contributed by atoms with E-state index in [0.717, 1.165) is 16.5 Å². The number of halogens is 1. The molecule has 0 spiro atoms. The molecule has 17 heavy (non-hydrogen) atoms. The lowest BCUT2D eigenvalue weighted by Crippen LogP contribution is -2.41. The van der Waals surface area contributed by atoms with E-state index in [9.17, 15) is 5.11 Å². The summed E-state index contributed by atoms with van der Waals surface area (Å²) in [6.07, 6.45) is 4.14. The fourth-order valence-electron chi connectivity index (χ4n) is 2.54. The van der Waals surface area contributed by atoms with Gasteiger partial charge in [0, 0.05) is 16.6 Å². The van der Waals surface area contributed by atoms with Gasteiger partial charge in [-0.25, -0.2) is 0 Å². The van der Waals surface area contributed by atoms with Gasteiger partial charge in [-0.15, -0.1) is 0 Å². The largest absolute Gasteiger partial charge is 0.388 e. The lowest BCUT2D eigenvalue weighted by Gasteiger charge is -2.30. The van der Waals surface area contributed by atoms with Crippen LogP contribution >= 0.6 is 15.9 Å². The first-order valence-corrected chi connectivity index (χ1v) is 7.14. The Bertz CT molecular complexity index is 369. The smallest absolute Gasteiger partial charge is 0.0805 e. The number of piperidine rings is 1. The van der Waals surface area contributed by atoms with Crippen molar-refractivity contribution in [3.05, 3.63) is 34.3 Å². The first-order chi connectivity index (χ1) is 8.15. The van der Waals surface area contributed by atoms with Crippen LogP contribution in [0.3, 0.4) is 0 Å². The Morgan fingerprint density at radius 1 is 1.47 bits per heavy atom. The van der Waals surface area contributed by atoms with Gasteiger partial charge in [-0.3, -0.25) is 0 Å². The molecule has 1 aromatic carbocycles. The predicted molar refractivity (Wildman–Crippen MR) is 74.0 cm³/mol. The summed E-state index contributed by atoms with van der Waals surface area (Å²) in [6.45, 7) is 2.22. The summed E-state index contributed by atoms with van der Waals surface area (Å²) in [5.74, 6) is 0. The number of nitrogens with one attached hydrogen (secondary N) is 1. The first kappa shape index (κ1) is 13.1. The summed E-state index contributed by atoms with van der Waals surface area (Å²) in [6, 6.07) is 8.98. The van der Waals surface area contributed by atoms with Crippen molar-refractivity contribution in [3.63, 3.8) is 0 Å². The van der Waals surface area contributed by atoms with Crippen LogP contribution in [0, 0.1) is 0 Å². The monoisotopic (exact) mass is 297 g/mol. The van der Waals surface area contributed by atoms with Crippen molar-refractivity contribution < 1.29 is 5.11 Å². The Kier molecular flexibility index (Phi) is 4.60. The SMILES string of the molecule is CC1CCCC(CC(O)c2cccc(Br)c2)N1. The van der Waals surface area contributed by atoms with Gasteiger partial charge in [-0.2, -0.15) is 0 Å². The van der Waals surface area contributed by atoms with Gasteiger partial charge in [0.1, 0.15) is 0 Å². The van der Waals surface area contributed by atoms with E-state index in [1.54, 1.807) is 0 Å². The minimum atomic E-state index is -0.365. The Hall–Kier alpha value is -0.380. The number of hydrogen-bond donors (Lipinski definition) is 2. The Balaban J connectivity index is 1.94. The fourth-order valence-corrected chi connectivity index (χ4v) is 2.96. The Morgan fingerprint density at radius 2 is 2.29 bits per heavy atom. The highest BCUT2D eigenvalue weighted by Crippen LogP contribution is 2.25. The molecular weight excluding hydrogens is 278 g/mol. The molecule has 0 aromatic heterocycles. The molecule has 1 heterocycles. The molecule has 2 rings (SSSR count). The Morgan fingerprint density at radius 3 is 3.00 bits per heavy atom. The summed E-state index contributed by atoms with van der Waals surface area (Å²) >= 11 is 3.44. The summed E-state index contributed by atoms with van der Waals surface area (Å²) < 4.78 is 1.03. The van der Waals surface area contributed by atoms with Gasteiger partial charge in [0.2, 0.25) is 0 Å². The standard InChI is InChI=1S/C14H20BrNO/c1-10-4-2-7-13(16-10)9-14(17)11-5-3-6-12(15)8-11/h3,5-6,8,10,13-14,16-17H,2,4,7,9H2,1H3. The third-order valence-electron chi connectivity index (χ3n) is 3.45. The molecule has 0 bridgehead atoms. The Labute approximate surface area is 112 Å². The van der Waals surface area contributed by atoms with Crippen molar-refractivity contribution >= 4 is 15.9 Å². The van der Waals surface area contributed by atoms with E-state index in [1.165, 1.54) is 19.3 Å². The van der Waals surface area contributed by atoms with Gasteiger partial charge >= 0.3 is 0 Å². The normalized spacial score (nSPS) is 26.8. The molecule has 2 nitrogen and oxygen atoms in total. The van der Waals surface area contributed by atoms with Crippen molar-refractivity contribution in [1.82, 2.24) is 5.32 Å². The van der Waals surface area contributed by atoms with Gasteiger partial charge in [0.05, 0.1) is 6.10 Å². The maximum Gasteiger partial charge on any atom is 0.0805 e. The molecule has 0 amide bonds. The van der Waals surface area contributed by atoms with Crippen LogP contribution in [0.4, 0.5) is 0 Å². The molecule has 1 aromatic rings. The molecule has 0 aliphatic carbocycles. The molecule has 0 radical (unpaired) electrons. The van der Waals surface area contributed by atoms with Crippen molar-refractivity contribution in [3.8, 4) is 0 Å². The molecule has 1 aliphatic heterocycles. The molecule has 3 atom stereocenters. The molecule has 3 unspecified atom stereocenters. The second-order valence-electron chi connectivity index (χ2n) is 5.00. The van der Waals surface area contributed by atoms with E-state index in [1.807, 2.05) is 24.3 Å². The molecule has 2 N–H and O–H groups in total. The summed E-state index contributed by atoms with van der Waals surface area (Å²) in [4.78, 5) is 0. The van der Waals surface area contributed by atoms with Crippen LogP contribution in [-0.4, -0.2) is 17.2 Å². The molecule has 94 valence electrons. The van der Waals surface area contributed by atoms with E-state index in [2.05, 4.69) is 28.2 Å². The highest BCUT2D eigenvalue weighted by Gasteiger charge is 2.21. The van der Waals surface area contributed by atoms with Crippen LogP contribution in [0.1, 0.15) is 44.3 Å². The van der Waals surface area contributed by atoms with Crippen LogP contribution in [0.5, 0.6) is 0 Å². The molecule has 1 aliphatic rings. The first-order valence-electron chi connectivity index (χ1n) is 6.34. The molecule has 0 saturated carbocycles. The van der Waals surface area contributed by atoms with Crippen LogP contribution in [0.15, 0.2) is 28.7 Å². The maximum atomic E-state index is 10.2. The fraction of sp³-hybridized carbons (Fsp3) is 0.571. The predicted octanol–water partition coefficient (Wildman–Crippen LogP) is 3.40. The molecule has 3 heteroatoms. The maximum absolute atomic E-state index is 10.2. The van der Waals surface area contributed by atoms with E-state index in [0.29, 0.717) is 12.1 Å². The third-order valence-corrected chi connectivity index (χ3v) is 3.94. The van der Waals surface area contributed by atoms with Crippen LogP contribution in [0.2, 0.25) is 0 Å². The van der Waals surface area contributed by atoms with Crippen molar-refractivity contribution in [2.24, 2.45) is 0 Å². The number of rotatable bonds is 3. The quantitative estimate of drug-likeness (QED) is 0.896. The van der Waals surface area contributed by atoms with Crippen LogP contribution < -0.4 is 5.32 Å². The number of benzene rings is 1. The van der Waals surface area contributed by atoms with Gasteiger partial charge in [0.15, 0.2) is 0 Å². The highest BCUT2D eigenvalue weighted by atomic mass is 79.9. The van der Waals surface area contributed by atoms with E-state index in [-0.39, 0.29) is 6.10 Å². The van der Waals surface area contributed by atoms with E-state index < -0.39 is 0 Å². The zero-order valence-corrected chi connectivity index (χ0v) is 11.8. The summed E-state index contributed by atoms with van der Waals surface area (Å²) in [7, 11) is 0.